The van der Waals surface area contributed by atoms with Crippen LogP contribution in [0.3, 0.4) is 0 Å². The van der Waals surface area contributed by atoms with Gasteiger partial charge in [0.05, 0.1) is 7.78 Å². The first-order valence-corrected chi connectivity index (χ1v) is 5.62. The lowest BCUT2D eigenvalue weighted by atomic mass is 10.2. The lowest BCUT2D eigenvalue weighted by Gasteiger charge is -1.95. The molecule has 0 radical (unpaired) electrons. The molecule has 1 N–H and O–H groups in total. The normalized spacial score (nSPS) is 10.8. The van der Waals surface area contributed by atoms with Gasteiger partial charge in [-0.3, -0.25) is 0 Å². The van der Waals surface area contributed by atoms with Crippen LogP contribution in [0.5, 0.6) is 5.75 Å². The molecule has 0 spiro atoms. The molecule has 0 saturated heterocycles. The quantitative estimate of drug-likeness (QED) is 0.564. The molecule has 12 heavy (non-hydrogen) atoms. The second-order valence-corrected chi connectivity index (χ2v) is 5.46. The number of thiol groups is 1. The lowest BCUT2D eigenvalue weighted by molar-refractivity contribution is 0.472. The Hall–Kier alpha value is 0.0600. The van der Waals surface area contributed by atoms with Gasteiger partial charge in [-0.1, -0.05) is 0 Å². The molecule has 1 nitrogen and oxygen atoms in total. The van der Waals surface area contributed by atoms with Gasteiger partial charge in [0.1, 0.15) is 5.75 Å². The van der Waals surface area contributed by atoms with Crippen molar-refractivity contribution in [3.05, 3.63) is 21.8 Å². The molecule has 1 heterocycles. The summed E-state index contributed by atoms with van der Waals surface area (Å²) in [7, 11) is 0. The Balaban J connectivity index is 2.83. The van der Waals surface area contributed by atoms with E-state index in [1.165, 1.54) is 0 Å². The van der Waals surface area contributed by atoms with Crippen molar-refractivity contribution in [1.82, 2.24) is 0 Å². The fourth-order valence-electron chi connectivity index (χ4n) is 1.03. The van der Waals surface area contributed by atoms with Gasteiger partial charge in [0.2, 0.25) is 0 Å². The van der Waals surface area contributed by atoms with Crippen molar-refractivity contribution in [3.8, 4) is 5.75 Å². The standard InChI is InChI=1S/C8H5IOS2/c9-5-1-4-2-8(11)12-7(4)3-6(5)10/h1-3,10-11H. The Kier molecular flexibility index (Phi) is 2.22. The van der Waals surface area contributed by atoms with E-state index in [4.69, 9.17) is 0 Å². The minimum atomic E-state index is 0.346. The van der Waals surface area contributed by atoms with Gasteiger partial charge in [-0.05, 0) is 46.2 Å². The Morgan fingerprint density at radius 1 is 1.33 bits per heavy atom. The molecule has 1 aromatic carbocycles. The molecule has 0 aliphatic carbocycles. The summed E-state index contributed by atoms with van der Waals surface area (Å²) in [6.07, 6.45) is 0. The van der Waals surface area contributed by atoms with Crippen LogP contribution >= 0.6 is 46.6 Å². The fourth-order valence-corrected chi connectivity index (χ4v) is 2.78. The summed E-state index contributed by atoms with van der Waals surface area (Å²) in [4.78, 5) is 0. The van der Waals surface area contributed by atoms with Crippen molar-refractivity contribution in [2.75, 3.05) is 0 Å². The minimum absolute atomic E-state index is 0.346. The van der Waals surface area contributed by atoms with E-state index in [0.717, 1.165) is 17.9 Å². The van der Waals surface area contributed by atoms with Crippen LogP contribution in [0, 0.1) is 3.57 Å². The molecule has 0 unspecified atom stereocenters. The van der Waals surface area contributed by atoms with E-state index in [2.05, 4.69) is 35.2 Å². The molecular weight excluding hydrogens is 303 g/mol. The van der Waals surface area contributed by atoms with Crippen molar-refractivity contribution in [2.45, 2.75) is 4.21 Å². The van der Waals surface area contributed by atoms with Crippen LogP contribution in [-0.4, -0.2) is 5.11 Å². The maximum Gasteiger partial charge on any atom is 0.130 e. The van der Waals surface area contributed by atoms with E-state index < -0.39 is 0 Å². The largest absolute Gasteiger partial charge is 0.507 e. The Bertz CT molecular complexity index is 397. The first-order valence-electron chi connectivity index (χ1n) is 3.28. The van der Waals surface area contributed by atoms with E-state index >= 15 is 0 Å². The van der Waals surface area contributed by atoms with Crippen LogP contribution in [0.2, 0.25) is 0 Å². The first kappa shape index (κ1) is 8.65. The zero-order valence-electron chi connectivity index (χ0n) is 5.91. The molecule has 2 aromatic rings. The molecule has 1 aromatic heterocycles. The third kappa shape index (κ3) is 1.43. The van der Waals surface area contributed by atoms with E-state index in [0.29, 0.717) is 5.75 Å². The van der Waals surface area contributed by atoms with E-state index in [1.54, 1.807) is 17.4 Å². The summed E-state index contributed by atoms with van der Waals surface area (Å²) < 4.78 is 2.94. The van der Waals surface area contributed by atoms with Gasteiger partial charge < -0.3 is 5.11 Å². The molecule has 0 aliphatic rings. The van der Waals surface area contributed by atoms with Gasteiger partial charge in [-0.2, -0.15) is 0 Å². The Morgan fingerprint density at radius 3 is 2.83 bits per heavy atom. The third-order valence-corrected chi connectivity index (χ3v) is 3.74. The van der Waals surface area contributed by atoms with Crippen molar-refractivity contribution < 1.29 is 5.11 Å². The number of phenols is 1. The second-order valence-electron chi connectivity index (χ2n) is 2.43. The van der Waals surface area contributed by atoms with E-state index in [-0.39, 0.29) is 0 Å². The number of halogens is 1. The van der Waals surface area contributed by atoms with Gasteiger partial charge in [-0.25, -0.2) is 0 Å². The van der Waals surface area contributed by atoms with Crippen molar-refractivity contribution >= 4 is 56.6 Å². The molecule has 0 atom stereocenters. The van der Waals surface area contributed by atoms with Gasteiger partial charge in [0.15, 0.2) is 0 Å². The maximum absolute atomic E-state index is 9.40. The van der Waals surface area contributed by atoms with E-state index in [9.17, 15) is 5.11 Å². The number of thiophene rings is 1. The van der Waals surface area contributed by atoms with Gasteiger partial charge in [-0.15, -0.1) is 24.0 Å². The van der Waals surface area contributed by atoms with Gasteiger partial charge in [0, 0.05) is 4.70 Å². The molecule has 0 fully saturated rings. The highest BCUT2D eigenvalue weighted by Gasteiger charge is 2.03. The molecule has 2 rings (SSSR count). The number of rotatable bonds is 0. The zero-order valence-corrected chi connectivity index (χ0v) is 9.78. The first-order chi connectivity index (χ1) is 5.66. The van der Waals surface area contributed by atoms with E-state index in [1.807, 2.05) is 12.1 Å². The molecule has 0 bridgehead atoms. The predicted molar refractivity (Wildman–Crippen MR) is 63.5 cm³/mol. The summed E-state index contributed by atoms with van der Waals surface area (Å²) in [6.45, 7) is 0. The number of fused-ring (bicyclic) bond motifs is 1. The molecule has 4 heteroatoms. The topological polar surface area (TPSA) is 20.2 Å². The van der Waals surface area contributed by atoms with Crippen LogP contribution in [0.1, 0.15) is 0 Å². The molecular formula is C8H5IOS2. The summed E-state index contributed by atoms with van der Waals surface area (Å²) >= 11 is 7.93. The fraction of sp³-hybridized carbons (Fsp3) is 0. The smallest absolute Gasteiger partial charge is 0.130 e. The van der Waals surface area contributed by atoms with Crippen LogP contribution < -0.4 is 0 Å². The zero-order chi connectivity index (χ0) is 8.72. The van der Waals surface area contributed by atoms with Gasteiger partial charge >= 0.3 is 0 Å². The monoisotopic (exact) mass is 308 g/mol. The highest BCUT2D eigenvalue weighted by Crippen LogP contribution is 2.33. The molecule has 0 aliphatic heterocycles. The number of aromatic hydroxyl groups is 1. The van der Waals surface area contributed by atoms with Crippen LogP contribution in [-0.2, 0) is 0 Å². The minimum Gasteiger partial charge on any atom is -0.507 e. The molecule has 0 saturated carbocycles. The summed E-state index contributed by atoms with van der Waals surface area (Å²) in [5.74, 6) is 0.346. The Morgan fingerprint density at radius 2 is 2.08 bits per heavy atom. The summed E-state index contributed by atoms with van der Waals surface area (Å²) in [5.41, 5.74) is 0. The summed E-state index contributed by atoms with van der Waals surface area (Å²) in [6, 6.07) is 5.74. The number of benzene rings is 1. The molecule has 0 amide bonds. The van der Waals surface area contributed by atoms with Crippen molar-refractivity contribution in [2.24, 2.45) is 0 Å². The van der Waals surface area contributed by atoms with Gasteiger partial charge in [0.25, 0.3) is 0 Å². The lowest BCUT2D eigenvalue weighted by Crippen LogP contribution is -1.71. The molecule has 62 valence electrons. The van der Waals surface area contributed by atoms with Crippen LogP contribution in [0.4, 0.5) is 0 Å². The van der Waals surface area contributed by atoms with Crippen molar-refractivity contribution in [1.29, 1.82) is 0 Å². The second kappa shape index (κ2) is 3.08. The number of hydrogen-bond donors (Lipinski definition) is 2. The SMILES string of the molecule is Oc1cc2sc(S)cc2cc1I. The Labute approximate surface area is 93.0 Å². The average molecular weight is 308 g/mol. The van der Waals surface area contributed by atoms with Crippen LogP contribution in [0.25, 0.3) is 10.1 Å². The predicted octanol–water partition coefficient (Wildman–Crippen LogP) is 3.50. The van der Waals surface area contributed by atoms with Crippen molar-refractivity contribution in [3.63, 3.8) is 0 Å². The van der Waals surface area contributed by atoms with Crippen LogP contribution in [0.15, 0.2) is 22.4 Å². The number of hydrogen-bond acceptors (Lipinski definition) is 3. The average Bonchev–Trinajstić information content (AvgIpc) is 2.30. The number of phenolic OH excluding ortho intramolecular Hbond substituents is 1. The summed E-state index contributed by atoms with van der Waals surface area (Å²) in [5, 5.41) is 10.5. The maximum atomic E-state index is 9.40. The third-order valence-electron chi connectivity index (χ3n) is 1.57. The highest BCUT2D eigenvalue weighted by molar-refractivity contribution is 14.1. The highest BCUT2D eigenvalue weighted by atomic mass is 127.